The molecule has 0 bridgehead atoms. The molecule has 0 heterocycles. The normalized spacial score (nSPS) is 23.1. The average molecular weight is 668 g/mol. The van der Waals surface area contributed by atoms with Crippen LogP contribution in [0.5, 0.6) is 5.75 Å². The third-order valence-electron chi connectivity index (χ3n) is 10.5. The summed E-state index contributed by atoms with van der Waals surface area (Å²) in [6.07, 6.45) is 22.2. The summed E-state index contributed by atoms with van der Waals surface area (Å²) in [4.78, 5) is 0. The molecule has 0 saturated heterocycles. The Kier molecular flexibility index (Phi) is 10.7. The van der Waals surface area contributed by atoms with Crippen molar-refractivity contribution in [3.05, 3.63) is 118 Å². The van der Waals surface area contributed by atoms with Crippen molar-refractivity contribution in [2.24, 2.45) is 17.8 Å². The van der Waals surface area contributed by atoms with Gasteiger partial charge in [-0.05, 0) is 100.0 Å². The highest BCUT2D eigenvalue weighted by atomic mass is 16.5. The molecule has 0 aliphatic heterocycles. The summed E-state index contributed by atoms with van der Waals surface area (Å²) in [7, 11) is 3.94. The van der Waals surface area contributed by atoms with Crippen LogP contribution in [0, 0.1) is 17.8 Å². The van der Waals surface area contributed by atoms with Crippen molar-refractivity contribution in [2.45, 2.75) is 92.1 Å². The number of hydroxylamine groups is 2. The van der Waals surface area contributed by atoms with Crippen molar-refractivity contribution in [2.75, 3.05) is 14.1 Å². The molecule has 1 aromatic rings. The maximum atomic E-state index is 11.7. The summed E-state index contributed by atoms with van der Waals surface area (Å²) in [5.74, 6) is 5.45. The second-order valence-corrected chi connectivity index (χ2v) is 14.1. The Morgan fingerprint density at radius 1 is 0.816 bits per heavy atom. The minimum atomic E-state index is 0.0669. The van der Waals surface area contributed by atoms with Crippen molar-refractivity contribution in [3.63, 3.8) is 0 Å². The van der Waals surface area contributed by atoms with E-state index in [2.05, 4.69) is 94.0 Å². The van der Waals surface area contributed by atoms with E-state index in [1.54, 1.807) is 0 Å². The third-order valence-corrected chi connectivity index (χ3v) is 10.5. The number of hydrogen-bond acceptors (Lipinski definition) is 7. The lowest BCUT2D eigenvalue weighted by atomic mass is 9.78. The maximum Gasteiger partial charge on any atom is 0.177 e. The SMILES string of the molecule is CN[N+](NC)(C1=CC=C(OC(C)C)CC1)c1ccc(OC2=C(C3CC3)C(C)=C(N(O)C3=CC=C(OC4=CC=CCC4)CC3)C(C)C2C)cc1. The van der Waals surface area contributed by atoms with E-state index in [1.807, 2.05) is 32.3 Å². The molecule has 49 heavy (non-hydrogen) atoms. The van der Waals surface area contributed by atoms with Gasteiger partial charge in [0.2, 0.25) is 0 Å². The Hall–Kier alpha value is -3.82. The van der Waals surface area contributed by atoms with Crippen LogP contribution in [-0.4, -0.2) is 30.5 Å². The summed E-state index contributed by atoms with van der Waals surface area (Å²) in [6.45, 7) is 10.7. The quantitative estimate of drug-likeness (QED) is 0.143. The van der Waals surface area contributed by atoms with Gasteiger partial charge in [-0.25, -0.2) is 5.06 Å². The Balaban J connectivity index is 1.24. The van der Waals surface area contributed by atoms with Crippen LogP contribution in [0.4, 0.5) is 5.69 Å². The lowest BCUT2D eigenvalue weighted by Crippen LogP contribution is -2.64. The zero-order valence-corrected chi connectivity index (χ0v) is 30.4. The van der Waals surface area contributed by atoms with Crippen LogP contribution in [0.2, 0.25) is 0 Å². The fraction of sp³-hybridized carbons (Fsp3) is 0.463. The van der Waals surface area contributed by atoms with Crippen LogP contribution >= 0.6 is 0 Å². The van der Waals surface area contributed by atoms with E-state index >= 15 is 0 Å². The lowest BCUT2D eigenvalue weighted by Gasteiger charge is -2.39. The van der Waals surface area contributed by atoms with Gasteiger partial charge in [0.15, 0.2) is 11.4 Å². The second kappa shape index (κ2) is 15.0. The van der Waals surface area contributed by atoms with Gasteiger partial charge in [-0.2, -0.15) is 0 Å². The van der Waals surface area contributed by atoms with E-state index in [0.717, 1.165) is 103 Å². The minimum absolute atomic E-state index is 0.0669. The van der Waals surface area contributed by atoms with Crippen molar-refractivity contribution < 1.29 is 19.4 Å². The van der Waals surface area contributed by atoms with Crippen LogP contribution in [0.15, 0.2) is 118 Å². The number of benzene rings is 1. The molecule has 0 aromatic heterocycles. The Labute approximate surface area is 293 Å². The molecule has 1 aromatic carbocycles. The number of quaternary nitrogens is 1. The fourth-order valence-electron chi connectivity index (χ4n) is 7.59. The molecule has 5 aliphatic carbocycles. The smallest absolute Gasteiger partial charge is 0.177 e. The van der Waals surface area contributed by atoms with E-state index in [-0.39, 0.29) is 17.9 Å². The number of nitrogens with one attached hydrogen (secondary N) is 2. The predicted octanol–water partition coefficient (Wildman–Crippen LogP) is 9.36. The summed E-state index contributed by atoms with van der Waals surface area (Å²) < 4.78 is 19.3. The molecule has 6 rings (SSSR count). The third kappa shape index (κ3) is 7.38. The minimum Gasteiger partial charge on any atom is -0.495 e. The van der Waals surface area contributed by atoms with Crippen molar-refractivity contribution in [1.29, 1.82) is 0 Å². The van der Waals surface area contributed by atoms with Crippen molar-refractivity contribution >= 4 is 5.69 Å². The molecule has 1 fully saturated rings. The van der Waals surface area contributed by atoms with Gasteiger partial charge in [0.05, 0.1) is 17.6 Å². The maximum absolute atomic E-state index is 11.7. The van der Waals surface area contributed by atoms with Gasteiger partial charge in [0.1, 0.15) is 23.0 Å². The van der Waals surface area contributed by atoms with Gasteiger partial charge < -0.3 is 14.2 Å². The van der Waals surface area contributed by atoms with Gasteiger partial charge in [0, 0.05) is 75.5 Å². The summed E-state index contributed by atoms with van der Waals surface area (Å²) in [5, 5.41) is 13.2. The van der Waals surface area contributed by atoms with Crippen LogP contribution in [0.1, 0.15) is 86.0 Å². The van der Waals surface area contributed by atoms with Crippen LogP contribution in [0.25, 0.3) is 0 Å². The van der Waals surface area contributed by atoms with Gasteiger partial charge in [-0.15, -0.1) is 15.6 Å². The first kappa shape index (κ1) is 35.0. The molecule has 2 atom stereocenters. The molecular weight excluding hydrogens is 612 g/mol. The molecule has 3 N–H and O–H groups in total. The predicted molar refractivity (Wildman–Crippen MR) is 196 cm³/mol. The van der Waals surface area contributed by atoms with Gasteiger partial charge >= 0.3 is 0 Å². The fourth-order valence-corrected chi connectivity index (χ4v) is 7.59. The summed E-state index contributed by atoms with van der Waals surface area (Å²) in [5.41, 5.74) is 13.5. The zero-order valence-electron chi connectivity index (χ0n) is 30.4. The number of nitrogens with zero attached hydrogens (tertiary/aromatic N) is 2. The standard InChI is InChI=1S/C41H55N4O4/c1-27(2)47-36-23-17-33(18-24-36)45(42-6,43-7)34-19-25-38(26-20-34)49-41-29(4)28(3)40(30(5)39(41)31-13-14-31)44(46)32-15-21-37(22-16-32)48-35-11-9-8-10-12-35/h8-9,11,15,17,19-21,23,25-29,31,42-43,46H,10,12-14,16,18,22,24H2,1-7H3/q+1. The molecule has 262 valence electrons. The van der Waals surface area contributed by atoms with Crippen LogP contribution in [-0.2, 0) is 9.47 Å². The average Bonchev–Trinajstić information content (AvgIpc) is 3.95. The van der Waals surface area contributed by atoms with E-state index < -0.39 is 0 Å². The molecule has 8 heteroatoms. The molecule has 8 nitrogen and oxygen atoms in total. The summed E-state index contributed by atoms with van der Waals surface area (Å²) >= 11 is 0. The topological polar surface area (TPSA) is 75.2 Å². The van der Waals surface area contributed by atoms with E-state index in [0.29, 0.717) is 10.6 Å². The van der Waals surface area contributed by atoms with Crippen LogP contribution in [0.3, 0.4) is 0 Å². The molecular formula is C41H55N4O4+. The van der Waals surface area contributed by atoms with Gasteiger partial charge in [-0.1, -0.05) is 26.0 Å². The number of hydrogen-bond donors (Lipinski definition) is 3. The summed E-state index contributed by atoms with van der Waals surface area (Å²) in [6, 6.07) is 8.41. The van der Waals surface area contributed by atoms with Gasteiger partial charge in [0.25, 0.3) is 0 Å². The molecule has 5 aliphatic rings. The highest BCUT2D eigenvalue weighted by molar-refractivity contribution is 5.51. The number of rotatable bonds is 13. The molecule has 2 unspecified atom stereocenters. The number of ether oxygens (including phenoxy) is 3. The molecule has 0 radical (unpaired) electrons. The van der Waals surface area contributed by atoms with E-state index in [4.69, 9.17) is 14.2 Å². The molecule has 0 amide bonds. The van der Waals surface area contributed by atoms with Crippen molar-refractivity contribution in [1.82, 2.24) is 20.6 Å². The highest BCUT2D eigenvalue weighted by Crippen LogP contribution is 2.50. The first-order chi connectivity index (χ1) is 23.6. The van der Waals surface area contributed by atoms with E-state index in [9.17, 15) is 5.21 Å². The largest absolute Gasteiger partial charge is 0.495 e. The molecule has 0 spiro atoms. The number of allylic oxidation sites excluding steroid dienone is 16. The second-order valence-electron chi connectivity index (χ2n) is 14.1. The zero-order chi connectivity index (χ0) is 34.7. The van der Waals surface area contributed by atoms with Crippen molar-refractivity contribution in [3.8, 4) is 5.75 Å². The highest BCUT2D eigenvalue weighted by Gasteiger charge is 2.41. The molecule has 1 saturated carbocycles. The first-order valence-corrected chi connectivity index (χ1v) is 18.1. The lowest BCUT2D eigenvalue weighted by molar-refractivity contribution is -0.0382. The monoisotopic (exact) mass is 667 g/mol. The van der Waals surface area contributed by atoms with Crippen LogP contribution < -0.4 is 20.3 Å². The Morgan fingerprint density at radius 3 is 2.08 bits per heavy atom. The van der Waals surface area contributed by atoms with E-state index in [1.165, 1.54) is 16.3 Å². The first-order valence-electron chi connectivity index (χ1n) is 18.1. The Bertz CT molecular complexity index is 1650. The van der Waals surface area contributed by atoms with Gasteiger partial charge in [-0.3, -0.25) is 5.21 Å². The Morgan fingerprint density at radius 2 is 1.51 bits per heavy atom.